The summed E-state index contributed by atoms with van der Waals surface area (Å²) >= 11 is 1.60. The number of hydrogen-bond acceptors (Lipinski definition) is 6. The van der Waals surface area contributed by atoms with Gasteiger partial charge in [0.2, 0.25) is 5.91 Å². The number of aromatic nitrogens is 1. The molecular formula is C17H21N3O3S. The lowest BCUT2D eigenvalue weighted by molar-refractivity contribution is -0.122. The SMILES string of the molecule is COc1ccc(OC)c(-c2csc(N3CCC(C(N)=O)CC3)n2)c1. The van der Waals surface area contributed by atoms with Gasteiger partial charge in [-0.3, -0.25) is 4.79 Å². The first-order valence-corrected chi connectivity index (χ1v) is 8.72. The maximum atomic E-state index is 11.3. The molecule has 128 valence electrons. The minimum Gasteiger partial charge on any atom is -0.497 e. The normalized spacial score (nSPS) is 15.3. The number of thiazole rings is 1. The molecule has 1 aromatic heterocycles. The van der Waals surface area contributed by atoms with Crippen LogP contribution in [-0.4, -0.2) is 38.2 Å². The monoisotopic (exact) mass is 347 g/mol. The maximum Gasteiger partial charge on any atom is 0.220 e. The van der Waals surface area contributed by atoms with Gasteiger partial charge in [0.1, 0.15) is 11.5 Å². The van der Waals surface area contributed by atoms with E-state index in [1.54, 1.807) is 25.6 Å². The van der Waals surface area contributed by atoms with Gasteiger partial charge in [-0.2, -0.15) is 0 Å². The van der Waals surface area contributed by atoms with Gasteiger partial charge in [0.15, 0.2) is 5.13 Å². The Kier molecular flexibility index (Phi) is 4.89. The predicted molar refractivity (Wildman–Crippen MR) is 94.8 cm³/mol. The van der Waals surface area contributed by atoms with Gasteiger partial charge in [-0.05, 0) is 31.0 Å². The van der Waals surface area contributed by atoms with Crippen molar-refractivity contribution in [2.75, 3.05) is 32.2 Å². The molecule has 0 spiro atoms. The number of nitrogens with two attached hydrogens (primary N) is 1. The van der Waals surface area contributed by atoms with Gasteiger partial charge in [-0.1, -0.05) is 0 Å². The van der Waals surface area contributed by atoms with Crippen LogP contribution >= 0.6 is 11.3 Å². The number of nitrogens with zero attached hydrogens (tertiary/aromatic N) is 2. The Hall–Kier alpha value is -2.28. The van der Waals surface area contributed by atoms with Crippen LogP contribution in [0.25, 0.3) is 11.3 Å². The third-order valence-electron chi connectivity index (χ3n) is 4.34. The molecular weight excluding hydrogens is 326 g/mol. The third kappa shape index (κ3) is 3.31. The second-order valence-corrected chi connectivity index (χ2v) is 6.58. The molecule has 0 saturated carbocycles. The van der Waals surface area contributed by atoms with Crippen molar-refractivity contribution in [2.45, 2.75) is 12.8 Å². The van der Waals surface area contributed by atoms with E-state index in [0.717, 1.165) is 53.8 Å². The fraction of sp³-hybridized carbons (Fsp3) is 0.412. The molecule has 2 N–H and O–H groups in total. The first-order valence-electron chi connectivity index (χ1n) is 7.84. The molecule has 0 atom stereocenters. The van der Waals surface area contributed by atoms with E-state index in [0.29, 0.717) is 0 Å². The summed E-state index contributed by atoms with van der Waals surface area (Å²) < 4.78 is 10.7. The molecule has 0 aliphatic carbocycles. The molecule has 1 saturated heterocycles. The Morgan fingerprint density at radius 1 is 1.29 bits per heavy atom. The second-order valence-electron chi connectivity index (χ2n) is 5.75. The fourth-order valence-corrected chi connectivity index (χ4v) is 3.78. The van der Waals surface area contributed by atoms with Crippen LogP contribution < -0.4 is 20.1 Å². The average Bonchev–Trinajstić information content (AvgIpc) is 3.11. The van der Waals surface area contributed by atoms with Crippen LogP contribution in [0, 0.1) is 5.92 Å². The summed E-state index contributed by atoms with van der Waals surface area (Å²) in [5.74, 6) is 1.32. The highest BCUT2D eigenvalue weighted by Gasteiger charge is 2.25. The van der Waals surface area contributed by atoms with Crippen molar-refractivity contribution in [1.82, 2.24) is 4.98 Å². The summed E-state index contributed by atoms with van der Waals surface area (Å²) in [4.78, 5) is 18.2. The average molecular weight is 347 g/mol. The molecule has 1 aromatic carbocycles. The number of benzene rings is 1. The molecule has 1 amide bonds. The number of carbonyl (C=O) groups is 1. The van der Waals surface area contributed by atoms with E-state index in [9.17, 15) is 4.79 Å². The van der Waals surface area contributed by atoms with Crippen LogP contribution in [-0.2, 0) is 4.79 Å². The van der Waals surface area contributed by atoms with E-state index in [4.69, 9.17) is 20.2 Å². The number of amides is 1. The largest absolute Gasteiger partial charge is 0.497 e. The smallest absolute Gasteiger partial charge is 0.220 e. The van der Waals surface area contributed by atoms with Gasteiger partial charge in [-0.25, -0.2) is 4.98 Å². The van der Waals surface area contributed by atoms with Gasteiger partial charge in [0, 0.05) is 30.0 Å². The molecule has 6 nitrogen and oxygen atoms in total. The van der Waals surface area contributed by atoms with Crippen LogP contribution in [0.4, 0.5) is 5.13 Å². The number of hydrogen-bond donors (Lipinski definition) is 1. The number of rotatable bonds is 5. The quantitative estimate of drug-likeness (QED) is 0.899. The fourth-order valence-electron chi connectivity index (χ4n) is 2.90. The zero-order valence-electron chi connectivity index (χ0n) is 13.8. The molecule has 2 heterocycles. The van der Waals surface area contributed by atoms with Crippen molar-refractivity contribution in [3.63, 3.8) is 0 Å². The molecule has 1 aliphatic rings. The standard InChI is InChI=1S/C17H21N3O3S/c1-22-12-3-4-15(23-2)13(9-12)14-10-24-17(19-14)20-7-5-11(6-8-20)16(18)21/h3-4,9-11H,5-8H2,1-2H3,(H2,18,21). The van der Waals surface area contributed by atoms with E-state index < -0.39 is 0 Å². The minimum atomic E-state index is -0.199. The third-order valence-corrected chi connectivity index (χ3v) is 5.24. The highest BCUT2D eigenvalue weighted by atomic mass is 32.1. The van der Waals surface area contributed by atoms with Crippen LogP contribution in [0.5, 0.6) is 11.5 Å². The minimum absolute atomic E-state index is 0.0147. The van der Waals surface area contributed by atoms with Gasteiger partial charge in [0.05, 0.1) is 19.9 Å². The lowest BCUT2D eigenvalue weighted by Crippen LogP contribution is -2.38. The van der Waals surface area contributed by atoms with Crippen molar-refractivity contribution < 1.29 is 14.3 Å². The molecule has 7 heteroatoms. The van der Waals surface area contributed by atoms with Gasteiger partial charge < -0.3 is 20.1 Å². The molecule has 0 unspecified atom stereocenters. The highest BCUT2D eigenvalue weighted by Crippen LogP contribution is 2.36. The summed E-state index contributed by atoms with van der Waals surface area (Å²) in [6.07, 6.45) is 1.57. The summed E-state index contributed by atoms with van der Waals surface area (Å²) in [6.45, 7) is 1.60. The van der Waals surface area contributed by atoms with Crippen LogP contribution in [0.3, 0.4) is 0 Å². The van der Waals surface area contributed by atoms with E-state index >= 15 is 0 Å². The summed E-state index contributed by atoms with van der Waals surface area (Å²) in [5, 5.41) is 2.98. The van der Waals surface area contributed by atoms with Crippen LogP contribution in [0.1, 0.15) is 12.8 Å². The summed E-state index contributed by atoms with van der Waals surface area (Å²) in [7, 11) is 3.29. The van der Waals surface area contributed by atoms with Crippen molar-refractivity contribution in [3.05, 3.63) is 23.6 Å². The van der Waals surface area contributed by atoms with Crippen molar-refractivity contribution in [1.29, 1.82) is 0 Å². The number of piperidine rings is 1. The highest BCUT2D eigenvalue weighted by molar-refractivity contribution is 7.14. The molecule has 0 radical (unpaired) electrons. The molecule has 24 heavy (non-hydrogen) atoms. The first-order chi connectivity index (χ1) is 11.6. The number of primary amides is 1. The number of carbonyl (C=O) groups excluding carboxylic acids is 1. The van der Waals surface area contributed by atoms with E-state index in [2.05, 4.69) is 4.90 Å². The molecule has 2 aromatic rings. The molecule has 3 rings (SSSR count). The molecule has 1 aliphatic heterocycles. The Morgan fingerprint density at radius 3 is 2.67 bits per heavy atom. The Labute approximate surface area is 145 Å². The maximum absolute atomic E-state index is 11.3. The van der Waals surface area contributed by atoms with E-state index in [1.807, 2.05) is 23.6 Å². The first kappa shape index (κ1) is 16.6. The molecule has 0 bridgehead atoms. The van der Waals surface area contributed by atoms with Crippen LogP contribution in [0.15, 0.2) is 23.6 Å². The van der Waals surface area contributed by atoms with Crippen LogP contribution in [0.2, 0.25) is 0 Å². The summed E-state index contributed by atoms with van der Waals surface area (Å²) in [6, 6.07) is 5.67. The zero-order valence-corrected chi connectivity index (χ0v) is 14.6. The Balaban J connectivity index is 1.80. The Morgan fingerprint density at radius 2 is 2.04 bits per heavy atom. The predicted octanol–water partition coefficient (Wildman–Crippen LogP) is 2.53. The number of anilines is 1. The van der Waals surface area contributed by atoms with E-state index in [1.165, 1.54) is 0 Å². The number of methoxy groups -OCH3 is 2. The number of ether oxygens (including phenoxy) is 2. The molecule has 1 fully saturated rings. The lowest BCUT2D eigenvalue weighted by atomic mass is 9.97. The topological polar surface area (TPSA) is 77.7 Å². The van der Waals surface area contributed by atoms with Gasteiger partial charge >= 0.3 is 0 Å². The van der Waals surface area contributed by atoms with Gasteiger partial charge in [0.25, 0.3) is 0 Å². The Bertz CT molecular complexity index is 724. The van der Waals surface area contributed by atoms with E-state index in [-0.39, 0.29) is 11.8 Å². The summed E-state index contributed by atoms with van der Waals surface area (Å²) in [5.41, 5.74) is 7.17. The van der Waals surface area contributed by atoms with Crippen molar-refractivity contribution >= 4 is 22.4 Å². The van der Waals surface area contributed by atoms with Crippen molar-refractivity contribution in [3.8, 4) is 22.8 Å². The lowest BCUT2D eigenvalue weighted by Gasteiger charge is -2.30. The van der Waals surface area contributed by atoms with Gasteiger partial charge in [-0.15, -0.1) is 11.3 Å². The second kappa shape index (κ2) is 7.09. The van der Waals surface area contributed by atoms with Crippen molar-refractivity contribution in [2.24, 2.45) is 11.7 Å². The zero-order chi connectivity index (χ0) is 17.1.